The van der Waals surface area contributed by atoms with Crippen LogP contribution in [-0.4, -0.2) is 5.78 Å². The first kappa shape index (κ1) is 29.1. The first-order chi connectivity index (χ1) is 19.4. The molecule has 0 saturated carbocycles. The number of rotatable bonds is 5. The highest BCUT2D eigenvalue weighted by Gasteiger charge is 2.45. The van der Waals surface area contributed by atoms with Gasteiger partial charge in [0, 0.05) is 17.7 Å². The number of aryl methyl sites for hydroxylation is 2. The molecular weight excluding hydrogens is 577 g/mol. The highest BCUT2D eigenvalue weighted by molar-refractivity contribution is 6.43. The predicted octanol–water partition coefficient (Wildman–Crippen LogP) is 8.78. The summed E-state index contributed by atoms with van der Waals surface area (Å²) in [6, 6.07) is 19.0. The number of carbonyl (C=O) groups excluding carboxylic acids is 1. The van der Waals surface area contributed by atoms with E-state index in [1.807, 2.05) is 38.1 Å². The lowest BCUT2D eigenvalue weighted by atomic mass is 9.68. The Bertz CT molecular complexity index is 1680. The van der Waals surface area contributed by atoms with E-state index >= 15 is 0 Å². The molecule has 2 aliphatic rings. The molecule has 2 N–H and O–H groups in total. The summed E-state index contributed by atoms with van der Waals surface area (Å²) in [4.78, 5) is 15.7. The lowest BCUT2D eigenvalue weighted by Crippen LogP contribution is -2.42. The van der Waals surface area contributed by atoms with Crippen LogP contribution in [0.5, 0.6) is 5.75 Å². The second-order valence-electron chi connectivity index (χ2n) is 11.4. The fourth-order valence-electron chi connectivity index (χ4n) is 5.86. The van der Waals surface area contributed by atoms with Crippen LogP contribution in [0.15, 0.2) is 77.3 Å². The number of Topliss-reactive ketones (excluding diaryl/α,β-unsaturated/α-hetero) is 1. The van der Waals surface area contributed by atoms with Gasteiger partial charge in [-0.25, -0.2) is 0 Å². The Morgan fingerprint density at radius 3 is 2.44 bits per heavy atom. The molecule has 8 heteroatoms. The van der Waals surface area contributed by atoms with Gasteiger partial charge in [0.2, 0.25) is 0 Å². The number of hydrogen-bond donors (Lipinski definition) is 1. The number of allylic oxidation sites excluding steroid dienone is 3. The topological polar surface area (TPSA) is 79.4 Å². The van der Waals surface area contributed by atoms with Crippen molar-refractivity contribution in [3.05, 3.63) is 115 Å². The van der Waals surface area contributed by atoms with Crippen LogP contribution >= 0.6 is 34.8 Å². The van der Waals surface area contributed by atoms with Crippen molar-refractivity contribution >= 4 is 46.3 Å². The number of benzene rings is 3. The molecule has 1 aliphatic heterocycles. The number of nitriles is 1. The van der Waals surface area contributed by atoms with Gasteiger partial charge in [0.1, 0.15) is 18.2 Å². The van der Waals surface area contributed by atoms with Crippen LogP contribution in [0, 0.1) is 30.6 Å². The van der Waals surface area contributed by atoms with E-state index in [2.05, 4.69) is 26.0 Å². The second-order valence-corrected chi connectivity index (χ2v) is 12.6. The summed E-state index contributed by atoms with van der Waals surface area (Å²) in [6.45, 7) is 8.39. The van der Waals surface area contributed by atoms with Crippen molar-refractivity contribution in [1.29, 1.82) is 5.26 Å². The maximum Gasteiger partial charge on any atom is 0.162 e. The zero-order chi connectivity index (χ0) is 29.6. The summed E-state index contributed by atoms with van der Waals surface area (Å²) >= 11 is 19.4. The van der Waals surface area contributed by atoms with E-state index in [-0.39, 0.29) is 29.2 Å². The highest BCUT2D eigenvalue weighted by atomic mass is 35.5. The van der Waals surface area contributed by atoms with Gasteiger partial charge in [0.25, 0.3) is 0 Å². The van der Waals surface area contributed by atoms with Crippen LogP contribution in [0.4, 0.5) is 5.69 Å². The molecular formula is C33H30Cl3N3O2. The minimum atomic E-state index is -0.632. The van der Waals surface area contributed by atoms with Gasteiger partial charge >= 0.3 is 0 Å². The lowest BCUT2D eigenvalue weighted by molar-refractivity contribution is -0.118. The number of para-hydroxylation sites is 1. The summed E-state index contributed by atoms with van der Waals surface area (Å²) in [5.74, 6) is 0.171. The predicted molar refractivity (Wildman–Crippen MR) is 165 cm³/mol. The molecule has 0 bridgehead atoms. The molecule has 3 aromatic rings. The van der Waals surface area contributed by atoms with Crippen LogP contribution in [-0.2, 0) is 11.4 Å². The molecule has 1 unspecified atom stereocenters. The Labute approximate surface area is 255 Å². The molecule has 0 radical (unpaired) electrons. The van der Waals surface area contributed by atoms with E-state index in [0.717, 1.165) is 28.0 Å². The molecule has 3 aromatic carbocycles. The summed E-state index contributed by atoms with van der Waals surface area (Å²) in [5.41, 5.74) is 12.4. The molecule has 0 aromatic heterocycles. The largest absolute Gasteiger partial charge is 0.487 e. The van der Waals surface area contributed by atoms with Crippen molar-refractivity contribution in [1.82, 2.24) is 0 Å². The third kappa shape index (κ3) is 5.33. The average Bonchev–Trinajstić information content (AvgIpc) is 2.90. The van der Waals surface area contributed by atoms with Crippen molar-refractivity contribution in [3.8, 4) is 11.8 Å². The van der Waals surface area contributed by atoms with E-state index < -0.39 is 5.92 Å². The number of nitrogens with zero attached hydrogens (tertiary/aromatic N) is 2. The Balaban J connectivity index is 1.69. The van der Waals surface area contributed by atoms with Crippen LogP contribution < -0.4 is 15.4 Å². The standard InChI is InChI=1S/C33H30Cl3N3O2/c1-18-12-19(2)21(13-20(18)17-41-28-11-6-5-8-23(28)34)29-22(16-37)32(38)39(25-10-7-9-24(35)31(25)36)26-14-33(3,4)15-27(40)30(26)29/h5-13,29H,14-15,17,38H2,1-4H3. The molecule has 0 saturated heterocycles. The van der Waals surface area contributed by atoms with Gasteiger partial charge in [-0.3, -0.25) is 9.69 Å². The zero-order valence-corrected chi connectivity index (χ0v) is 25.6. The van der Waals surface area contributed by atoms with Gasteiger partial charge in [-0.15, -0.1) is 0 Å². The van der Waals surface area contributed by atoms with Gasteiger partial charge in [-0.1, -0.05) is 79.0 Å². The molecule has 1 heterocycles. The third-order valence-corrected chi connectivity index (χ3v) is 8.93. The Morgan fingerprint density at radius 1 is 1.02 bits per heavy atom. The van der Waals surface area contributed by atoms with E-state index in [9.17, 15) is 10.1 Å². The lowest BCUT2D eigenvalue weighted by Gasteiger charge is -2.44. The monoisotopic (exact) mass is 605 g/mol. The minimum absolute atomic E-state index is 0.0153. The Hall–Kier alpha value is -3.43. The molecule has 5 rings (SSSR count). The molecule has 0 spiro atoms. The highest BCUT2D eigenvalue weighted by Crippen LogP contribution is 2.52. The van der Waals surface area contributed by atoms with Gasteiger partial charge < -0.3 is 10.5 Å². The SMILES string of the molecule is Cc1cc(C)c(C2C(C#N)=C(N)N(c3cccc(Cl)c3Cl)C3=C2C(=O)CC(C)(C)C3)cc1COc1ccccc1Cl. The summed E-state index contributed by atoms with van der Waals surface area (Å²) in [7, 11) is 0. The van der Waals surface area contributed by atoms with Crippen molar-refractivity contribution in [2.24, 2.45) is 11.1 Å². The number of hydrogen-bond acceptors (Lipinski definition) is 5. The molecule has 1 aliphatic carbocycles. The smallest absolute Gasteiger partial charge is 0.162 e. The average molecular weight is 607 g/mol. The van der Waals surface area contributed by atoms with Gasteiger partial charge in [0.15, 0.2) is 5.78 Å². The maximum absolute atomic E-state index is 14.0. The van der Waals surface area contributed by atoms with Crippen LogP contribution in [0.25, 0.3) is 0 Å². The molecule has 0 fully saturated rings. The first-order valence-corrected chi connectivity index (χ1v) is 14.4. The van der Waals surface area contributed by atoms with Crippen LogP contribution in [0.2, 0.25) is 15.1 Å². The van der Waals surface area contributed by atoms with E-state index in [1.165, 1.54) is 0 Å². The van der Waals surface area contributed by atoms with Gasteiger partial charge in [-0.05, 0) is 72.2 Å². The normalized spacial score (nSPS) is 18.3. The van der Waals surface area contributed by atoms with Crippen molar-refractivity contribution in [2.45, 2.75) is 53.1 Å². The van der Waals surface area contributed by atoms with Crippen LogP contribution in [0.3, 0.4) is 0 Å². The fraction of sp³-hybridized carbons (Fsp3) is 0.273. The number of ketones is 1. The number of ether oxygens (including phenoxy) is 1. The molecule has 210 valence electrons. The molecule has 1 atom stereocenters. The van der Waals surface area contributed by atoms with Crippen LogP contribution in [0.1, 0.15) is 54.9 Å². The number of halogens is 3. The van der Waals surface area contributed by atoms with Gasteiger partial charge in [0.05, 0.1) is 38.3 Å². The third-order valence-electron chi connectivity index (χ3n) is 7.81. The van der Waals surface area contributed by atoms with E-state index in [4.69, 9.17) is 45.3 Å². The van der Waals surface area contributed by atoms with E-state index in [1.54, 1.807) is 29.2 Å². The number of anilines is 1. The van der Waals surface area contributed by atoms with Gasteiger partial charge in [-0.2, -0.15) is 5.26 Å². The zero-order valence-electron chi connectivity index (χ0n) is 23.3. The second kappa shape index (κ2) is 11.1. The minimum Gasteiger partial charge on any atom is -0.487 e. The Morgan fingerprint density at radius 2 is 1.73 bits per heavy atom. The maximum atomic E-state index is 14.0. The Kier molecular flexibility index (Phi) is 7.87. The number of nitrogens with two attached hydrogens (primary N) is 1. The quantitative estimate of drug-likeness (QED) is 0.314. The summed E-state index contributed by atoms with van der Waals surface area (Å²) in [5, 5.41) is 11.7. The fourth-order valence-corrected chi connectivity index (χ4v) is 6.43. The molecule has 0 amide bonds. The molecule has 5 nitrogen and oxygen atoms in total. The molecule has 41 heavy (non-hydrogen) atoms. The van der Waals surface area contributed by atoms with E-state index in [0.29, 0.717) is 44.9 Å². The van der Waals surface area contributed by atoms with Crippen molar-refractivity contribution in [2.75, 3.05) is 4.90 Å². The summed E-state index contributed by atoms with van der Waals surface area (Å²) < 4.78 is 6.07. The summed E-state index contributed by atoms with van der Waals surface area (Å²) in [6.07, 6.45) is 0.922. The van der Waals surface area contributed by atoms with Crippen molar-refractivity contribution < 1.29 is 9.53 Å². The first-order valence-electron chi connectivity index (χ1n) is 13.3. The number of carbonyl (C=O) groups is 1. The van der Waals surface area contributed by atoms with Crippen molar-refractivity contribution in [3.63, 3.8) is 0 Å².